The molecule has 0 heterocycles. The molecule has 0 radical (unpaired) electrons. The Morgan fingerprint density at radius 3 is 2.86 bits per heavy atom. The largest absolute Gasteiger partial charge is 0.506 e. The van der Waals surface area contributed by atoms with Gasteiger partial charge in [0.25, 0.3) is 5.91 Å². The highest BCUT2D eigenvalue weighted by Crippen LogP contribution is 2.30. The van der Waals surface area contributed by atoms with E-state index in [2.05, 4.69) is 26.5 Å². The number of nitrogens with one attached hydrogen (secondary N) is 1. The van der Waals surface area contributed by atoms with Crippen LogP contribution in [0.2, 0.25) is 5.02 Å². The lowest BCUT2D eigenvalue weighted by Gasteiger charge is -2.03. The van der Waals surface area contributed by atoms with Gasteiger partial charge < -0.3 is 5.11 Å². The van der Waals surface area contributed by atoms with Gasteiger partial charge in [0.05, 0.1) is 11.2 Å². The molecule has 108 valence electrons. The summed E-state index contributed by atoms with van der Waals surface area (Å²) in [4.78, 5) is 11.7. The van der Waals surface area contributed by atoms with E-state index in [0.29, 0.717) is 10.0 Å². The first-order valence-electron chi connectivity index (χ1n) is 5.74. The molecule has 0 aromatic heterocycles. The first kappa shape index (κ1) is 15.5. The van der Waals surface area contributed by atoms with Gasteiger partial charge in [-0.1, -0.05) is 33.6 Å². The highest BCUT2D eigenvalue weighted by molar-refractivity contribution is 9.10. The number of halogens is 3. The quantitative estimate of drug-likeness (QED) is 0.638. The number of nitrogens with zero attached hydrogens (tertiary/aromatic N) is 1. The van der Waals surface area contributed by atoms with Crippen LogP contribution in [0.4, 0.5) is 4.39 Å². The molecule has 4 nitrogen and oxygen atoms in total. The van der Waals surface area contributed by atoms with Crippen LogP contribution < -0.4 is 5.43 Å². The number of phenols is 1. The minimum Gasteiger partial charge on any atom is -0.506 e. The van der Waals surface area contributed by atoms with Crippen molar-refractivity contribution in [1.29, 1.82) is 0 Å². The fraction of sp³-hybridized carbons (Fsp3) is 0. The third kappa shape index (κ3) is 4.03. The Labute approximate surface area is 133 Å². The smallest absolute Gasteiger partial charge is 0.271 e. The Morgan fingerprint density at radius 1 is 1.38 bits per heavy atom. The maximum absolute atomic E-state index is 13.0. The monoisotopic (exact) mass is 370 g/mol. The highest BCUT2D eigenvalue weighted by Gasteiger charge is 2.07. The zero-order valence-corrected chi connectivity index (χ0v) is 12.8. The van der Waals surface area contributed by atoms with Crippen LogP contribution in [-0.2, 0) is 0 Å². The molecule has 0 aliphatic heterocycles. The molecule has 0 spiro atoms. The summed E-state index contributed by atoms with van der Waals surface area (Å²) < 4.78 is 13.6. The zero-order valence-electron chi connectivity index (χ0n) is 10.5. The summed E-state index contributed by atoms with van der Waals surface area (Å²) in [5.74, 6) is -1.22. The fourth-order valence-electron chi connectivity index (χ4n) is 1.54. The Bertz CT molecular complexity index is 722. The van der Waals surface area contributed by atoms with E-state index in [1.165, 1.54) is 30.5 Å². The number of aromatic hydroxyl groups is 1. The number of phenolic OH excluding ortho intramolecular Hbond substituents is 1. The van der Waals surface area contributed by atoms with Crippen LogP contribution in [0, 0.1) is 5.82 Å². The second-order valence-corrected chi connectivity index (χ2v) is 5.36. The van der Waals surface area contributed by atoms with Gasteiger partial charge >= 0.3 is 0 Å². The molecular formula is C14H9BrClFN2O2. The lowest BCUT2D eigenvalue weighted by atomic mass is 10.2. The van der Waals surface area contributed by atoms with E-state index in [9.17, 15) is 14.3 Å². The van der Waals surface area contributed by atoms with E-state index in [-0.39, 0.29) is 16.3 Å². The van der Waals surface area contributed by atoms with Gasteiger partial charge in [0.15, 0.2) is 0 Å². The van der Waals surface area contributed by atoms with E-state index in [1.54, 1.807) is 6.07 Å². The number of hydrogen-bond donors (Lipinski definition) is 2. The molecular weight excluding hydrogens is 363 g/mol. The molecule has 7 heteroatoms. The van der Waals surface area contributed by atoms with Gasteiger partial charge in [0, 0.05) is 15.6 Å². The number of amides is 1. The van der Waals surface area contributed by atoms with E-state index < -0.39 is 11.7 Å². The van der Waals surface area contributed by atoms with Crippen molar-refractivity contribution in [3.8, 4) is 5.75 Å². The van der Waals surface area contributed by atoms with Gasteiger partial charge in [-0.3, -0.25) is 4.79 Å². The topological polar surface area (TPSA) is 61.7 Å². The van der Waals surface area contributed by atoms with Crippen molar-refractivity contribution in [2.75, 3.05) is 0 Å². The molecule has 0 saturated heterocycles. The second kappa shape index (κ2) is 6.69. The van der Waals surface area contributed by atoms with Crippen molar-refractivity contribution >= 4 is 39.7 Å². The minimum absolute atomic E-state index is 0.142. The van der Waals surface area contributed by atoms with Crippen LogP contribution in [-0.4, -0.2) is 17.2 Å². The van der Waals surface area contributed by atoms with Crippen LogP contribution in [0.1, 0.15) is 15.9 Å². The average molecular weight is 372 g/mol. The summed E-state index contributed by atoms with van der Waals surface area (Å²) in [6, 6.07) is 8.33. The molecule has 0 bridgehead atoms. The van der Waals surface area contributed by atoms with E-state index in [0.717, 1.165) is 6.07 Å². The van der Waals surface area contributed by atoms with Crippen molar-refractivity contribution in [2.45, 2.75) is 0 Å². The van der Waals surface area contributed by atoms with Gasteiger partial charge in [0.2, 0.25) is 0 Å². The fourth-order valence-corrected chi connectivity index (χ4v) is 2.37. The van der Waals surface area contributed by atoms with Crippen LogP contribution in [0.3, 0.4) is 0 Å². The van der Waals surface area contributed by atoms with Crippen LogP contribution in [0.25, 0.3) is 0 Å². The molecule has 2 N–H and O–H groups in total. The minimum atomic E-state index is -0.564. The second-order valence-electron chi connectivity index (χ2n) is 4.03. The Morgan fingerprint density at radius 2 is 2.14 bits per heavy atom. The van der Waals surface area contributed by atoms with Crippen LogP contribution >= 0.6 is 27.5 Å². The molecule has 21 heavy (non-hydrogen) atoms. The maximum Gasteiger partial charge on any atom is 0.271 e. The van der Waals surface area contributed by atoms with Crippen molar-refractivity contribution in [2.24, 2.45) is 5.10 Å². The molecule has 0 unspecified atom stereocenters. The van der Waals surface area contributed by atoms with Gasteiger partial charge in [-0.2, -0.15) is 5.10 Å². The molecule has 2 rings (SSSR count). The number of benzene rings is 2. The van der Waals surface area contributed by atoms with Crippen molar-refractivity contribution in [3.63, 3.8) is 0 Å². The first-order valence-corrected chi connectivity index (χ1v) is 6.91. The van der Waals surface area contributed by atoms with Crippen molar-refractivity contribution < 1.29 is 14.3 Å². The van der Waals surface area contributed by atoms with Gasteiger partial charge in [-0.15, -0.1) is 0 Å². The van der Waals surface area contributed by atoms with Crippen molar-refractivity contribution in [1.82, 2.24) is 5.43 Å². The molecule has 2 aromatic carbocycles. The summed E-state index contributed by atoms with van der Waals surface area (Å²) in [6.07, 6.45) is 1.24. The SMILES string of the molecule is O=C(NN=Cc1cc(Br)cc(Cl)c1O)c1cccc(F)c1. The summed E-state index contributed by atoms with van der Waals surface area (Å²) in [6.45, 7) is 0. The molecule has 0 atom stereocenters. The summed E-state index contributed by atoms with van der Waals surface area (Å²) in [7, 11) is 0. The first-order chi connectivity index (χ1) is 9.97. The summed E-state index contributed by atoms with van der Waals surface area (Å²) in [5.41, 5.74) is 2.71. The zero-order chi connectivity index (χ0) is 15.4. The molecule has 0 aliphatic rings. The van der Waals surface area contributed by atoms with Gasteiger partial charge in [-0.05, 0) is 30.3 Å². The summed E-state index contributed by atoms with van der Waals surface area (Å²) in [5, 5.41) is 13.6. The van der Waals surface area contributed by atoms with Gasteiger partial charge in [-0.25, -0.2) is 9.82 Å². The molecule has 0 fully saturated rings. The number of hydrazone groups is 1. The van der Waals surface area contributed by atoms with E-state index >= 15 is 0 Å². The van der Waals surface area contributed by atoms with Crippen molar-refractivity contribution in [3.05, 3.63) is 62.8 Å². The lowest BCUT2D eigenvalue weighted by Crippen LogP contribution is -2.17. The van der Waals surface area contributed by atoms with Gasteiger partial charge in [0.1, 0.15) is 11.6 Å². The number of carbonyl (C=O) groups is 1. The maximum atomic E-state index is 13.0. The predicted molar refractivity (Wildman–Crippen MR) is 82.3 cm³/mol. The third-order valence-corrected chi connectivity index (χ3v) is 3.26. The lowest BCUT2D eigenvalue weighted by molar-refractivity contribution is 0.0954. The Balaban J connectivity index is 2.11. The normalized spacial score (nSPS) is 10.8. The number of rotatable bonds is 3. The third-order valence-electron chi connectivity index (χ3n) is 2.51. The number of carbonyl (C=O) groups excluding carboxylic acids is 1. The summed E-state index contributed by atoms with van der Waals surface area (Å²) >= 11 is 9.03. The average Bonchev–Trinajstić information content (AvgIpc) is 2.43. The van der Waals surface area contributed by atoms with Crippen LogP contribution in [0.5, 0.6) is 5.75 Å². The molecule has 0 saturated carbocycles. The van der Waals surface area contributed by atoms with E-state index in [4.69, 9.17) is 11.6 Å². The predicted octanol–water partition coefficient (Wildman–Crippen LogP) is 3.71. The number of hydrogen-bond acceptors (Lipinski definition) is 3. The Kier molecular flexibility index (Phi) is 4.93. The van der Waals surface area contributed by atoms with Crippen LogP contribution in [0.15, 0.2) is 46.0 Å². The molecule has 1 amide bonds. The van der Waals surface area contributed by atoms with E-state index in [1.807, 2.05) is 0 Å². The highest BCUT2D eigenvalue weighted by atomic mass is 79.9. The molecule has 2 aromatic rings. The standard InChI is InChI=1S/C14H9BrClFN2O2/c15-10-4-9(13(20)12(16)6-10)7-18-19-14(21)8-2-1-3-11(17)5-8/h1-7,20H,(H,19,21). The molecule has 0 aliphatic carbocycles. The Hall–Kier alpha value is -1.92.